The molecule has 0 aliphatic rings. The third kappa shape index (κ3) is 4160. The highest BCUT2D eigenvalue weighted by molar-refractivity contribution is 7.85. The number of halogens is 1. The topological polar surface area (TPSA) is 85.9 Å². The van der Waals surface area contributed by atoms with E-state index in [4.69, 9.17) is 4.55 Å². The van der Waals surface area contributed by atoms with Gasteiger partial charge in [-0.15, -0.1) is 12.4 Å². The first-order valence-electron chi connectivity index (χ1n) is 0.924. The monoisotopic (exact) mass is 150 g/mol. The van der Waals surface area contributed by atoms with Crippen LogP contribution >= 0.6 is 12.4 Å². The lowest BCUT2D eigenvalue weighted by Gasteiger charge is -1.69. The molecule has 4 nitrogen and oxygen atoms in total. The van der Waals surface area contributed by atoms with Crippen molar-refractivity contribution in [1.29, 1.82) is 0 Å². The molecule has 0 atom stereocenters. The van der Waals surface area contributed by atoms with Crippen molar-refractivity contribution in [2.24, 2.45) is 0 Å². The van der Waals surface area contributed by atoms with Crippen LogP contribution in [0.4, 0.5) is 0 Å². The number of hydrogen-bond acceptors (Lipinski definition) is 2. The lowest BCUT2D eigenvalue weighted by molar-refractivity contribution is 0.490. The highest BCUT2D eigenvalue weighted by Crippen LogP contribution is 1.60. The Labute approximate surface area is 48.0 Å². The van der Waals surface area contributed by atoms with Crippen molar-refractivity contribution in [3.05, 3.63) is 0 Å². The van der Waals surface area contributed by atoms with Crippen molar-refractivity contribution in [3.63, 3.8) is 0 Å². The molecule has 0 amide bonds. The Morgan fingerprint density at radius 2 is 1.43 bits per heavy atom. The summed E-state index contributed by atoms with van der Waals surface area (Å²) in [6.07, 6.45) is 0.715. The first kappa shape index (κ1) is 15.7. The largest absolute Gasteiger partial charge is 0.412 e. The SMILES string of the molecule is CS(=O)(=O)O.Cl.O. The van der Waals surface area contributed by atoms with Crippen LogP contribution in [0, 0.1) is 0 Å². The van der Waals surface area contributed by atoms with Crippen LogP contribution in [0.2, 0.25) is 0 Å². The zero-order chi connectivity index (χ0) is 4.50. The molecule has 48 valence electrons. The van der Waals surface area contributed by atoms with E-state index < -0.39 is 10.1 Å². The number of rotatable bonds is 0. The minimum atomic E-state index is -3.67. The standard InChI is InChI=1S/CH4O3S.ClH.H2O/c1-5(2,3)4;;/h1H3,(H,2,3,4);1H;1H2. The lowest BCUT2D eigenvalue weighted by Crippen LogP contribution is -1.88. The van der Waals surface area contributed by atoms with Crippen LogP contribution in [0.25, 0.3) is 0 Å². The Kier molecular flexibility index (Phi) is 9.69. The summed E-state index contributed by atoms with van der Waals surface area (Å²) in [5.41, 5.74) is 0. The van der Waals surface area contributed by atoms with Crippen molar-refractivity contribution >= 4 is 22.5 Å². The van der Waals surface area contributed by atoms with Crippen LogP contribution in [0.1, 0.15) is 0 Å². The fraction of sp³-hybridized carbons (Fsp3) is 1.00. The summed E-state index contributed by atoms with van der Waals surface area (Å²) in [4.78, 5) is 0. The van der Waals surface area contributed by atoms with Crippen molar-refractivity contribution < 1.29 is 18.4 Å². The van der Waals surface area contributed by atoms with Gasteiger partial charge in [-0.05, 0) is 0 Å². The predicted octanol–water partition coefficient (Wildman–Crippen LogP) is -0.899. The molecule has 6 heteroatoms. The third-order valence-electron chi connectivity index (χ3n) is 0. The molecular formula is CH7ClO4S. The summed E-state index contributed by atoms with van der Waals surface area (Å²) in [6.45, 7) is 0. The van der Waals surface area contributed by atoms with E-state index in [1.807, 2.05) is 0 Å². The van der Waals surface area contributed by atoms with Gasteiger partial charge in [0.1, 0.15) is 0 Å². The number of hydrogen-bond donors (Lipinski definition) is 1. The molecule has 0 aromatic rings. The molecule has 0 bridgehead atoms. The molecule has 7 heavy (non-hydrogen) atoms. The summed E-state index contributed by atoms with van der Waals surface area (Å²) >= 11 is 0. The molecule has 0 spiro atoms. The fourth-order valence-corrected chi connectivity index (χ4v) is 0. The molecule has 0 heterocycles. The van der Waals surface area contributed by atoms with Gasteiger partial charge in [0.2, 0.25) is 0 Å². The molecule has 0 aromatic carbocycles. The zero-order valence-electron chi connectivity index (χ0n) is 3.58. The molecule has 0 aromatic heterocycles. The molecule has 0 saturated carbocycles. The molecule has 0 aliphatic carbocycles. The normalized spacial score (nSPS) is 8.29. The minimum absolute atomic E-state index is 0. The van der Waals surface area contributed by atoms with E-state index in [9.17, 15) is 8.42 Å². The Morgan fingerprint density at radius 3 is 1.43 bits per heavy atom. The first-order chi connectivity index (χ1) is 2.00. The van der Waals surface area contributed by atoms with E-state index in [0.29, 0.717) is 6.26 Å². The van der Waals surface area contributed by atoms with Gasteiger partial charge in [-0.25, -0.2) is 0 Å². The Balaban J connectivity index is -0.0000000800. The summed E-state index contributed by atoms with van der Waals surface area (Å²) in [7, 11) is -3.67. The quantitative estimate of drug-likeness (QED) is 0.454. The third-order valence-corrected chi connectivity index (χ3v) is 0. The maximum atomic E-state index is 9.19. The molecule has 0 aliphatic heterocycles. The van der Waals surface area contributed by atoms with Crippen LogP contribution in [-0.4, -0.2) is 24.7 Å². The van der Waals surface area contributed by atoms with Gasteiger partial charge < -0.3 is 5.48 Å². The van der Waals surface area contributed by atoms with Gasteiger partial charge >= 0.3 is 0 Å². The van der Waals surface area contributed by atoms with Gasteiger partial charge in [-0.1, -0.05) is 0 Å². The van der Waals surface area contributed by atoms with Gasteiger partial charge in [-0.3, -0.25) is 4.55 Å². The minimum Gasteiger partial charge on any atom is -0.412 e. The summed E-state index contributed by atoms with van der Waals surface area (Å²) in [5.74, 6) is 0. The molecule has 0 saturated heterocycles. The highest BCUT2D eigenvalue weighted by atomic mass is 35.5. The molecule has 0 unspecified atom stereocenters. The van der Waals surface area contributed by atoms with Crippen molar-refractivity contribution in [2.75, 3.05) is 6.26 Å². The average Bonchev–Trinajstić information content (AvgIpc) is 0.722. The van der Waals surface area contributed by atoms with E-state index >= 15 is 0 Å². The lowest BCUT2D eigenvalue weighted by atomic mass is 12.0. The van der Waals surface area contributed by atoms with Crippen LogP contribution in [0.5, 0.6) is 0 Å². The van der Waals surface area contributed by atoms with Crippen molar-refractivity contribution in [2.45, 2.75) is 0 Å². The van der Waals surface area contributed by atoms with E-state index in [-0.39, 0.29) is 17.9 Å². The van der Waals surface area contributed by atoms with Crippen molar-refractivity contribution in [1.82, 2.24) is 0 Å². The Hall–Kier alpha value is 0.160. The Bertz CT molecular complexity index is 94.9. The highest BCUT2D eigenvalue weighted by Gasteiger charge is 1.81. The zero-order valence-corrected chi connectivity index (χ0v) is 5.21. The van der Waals surface area contributed by atoms with Crippen LogP contribution < -0.4 is 0 Å². The maximum Gasteiger partial charge on any atom is 0.261 e. The summed E-state index contributed by atoms with van der Waals surface area (Å²) in [6, 6.07) is 0. The molecular weight excluding hydrogens is 144 g/mol. The average molecular weight is 151 g/mol. The first-order valence-corrected chi connectivity index (χ1v) is 2.77. The fourth-order valence-electron chi connectivity index (χ4n) is 0. The van der Waals surface area contributed by atoms with Gasteiger partial charge in [0.15, 0.2) is 0 Å². The molecule has 0 rings (SSSR count). The molecule has 0 fully saturated rings. The van der Waals surface area contributed by atoms with Gasteiger partial charge in [0.05, 0.1) is 6.26 Å². The van der Waals surface area contributed by atoms with Gasteiger partial charge in [0, 0.05) is 0 Å². The second-order valence-corrected chi connectivity index (χ2v) is 2.20. The maximum absolute atomic E-state index is 9.19. The van der Waals surface area contributed by atoms with E-state index in [1.54, 1.807) is 0 Å². The summed E-state index contributed by atoms with van der Waals surface area (Å²) < 4.78 is 25.9. The second-order valence-electron chi connectivity index (χ2n) is 0.733. The second kappa shape index (κ2) is 4.32. The molecule has 0 radical (unpaired) electrons. The Morgan fingerprint density at radius 1 is 1.43 bits per heavy atom. The van der Waals surface area contributed by atoms with E-state index in [1.165, 1.54) is 0 Å². The predicted molar refractivity (Wildman–Crippen MR) is 28.3 cm³/mol. The van der Waals surface area contributed by atoms with Crippen LogP contribution in [0.3, 0.4) is 0 Å². The van der Waals surface area contributed by atoms with Crippen molar-refractivity contribution in [3.8, 4) is 0 Å². The van der Waals surface area contributed by atoms with Crippen LogP contribution in [0.15, 0.2) is 0 Å². The smallest absolute Gasteiger partial charge is 0.261 e. The van der Waals surface area contributed by atoms with Gasteiger partial charge in [-0.2, -0.15) is 8.42 Å². The van der Waals surface area contributed by atoms with Crippen LogP contribution in [-0.2, 0) is 10.1 Å². The molecule has 3 N–H and O–H groups in total. The van der Waals surface area contributed by atoms with E-state index in [2.05, 4.69) is 0 Å². The summed E-state index contributed by atoms with van der Waals surface area (Å²) in [5, 5.41) is 0. The van der Waals surface area contributed by atoms with E-state index in [0.717, 1.165) is 0 Å². The van der Waals surface area contributed by atoms with Gasteiger partial charge in [0.25, 0.3) is 10.1 Å².